The van der Waals surface area contributed by atoms with Gasteiger partial charge >= 0.3 is 0 Å². The van der Waals surface area contributed by atoms with Crippen molar-refractivity contribution in [3.05, 3.63) is 71.5 Å². The Labute approximate surface area is 175 Å². The van der Waals surface area contributed by atoms with Crippen molar-refractivity contribution >= 4 is 17.7 Å². The Morgan fingerprint density at radius 2 is 1.97 bits per heavy atom. The first-order valence-electron chi connectivity index (χ1n) is 9.49. The van der Waals surface area contributed by atoms with E-state index in [0.29, 0.717) is 30.6 Å². The van der Waals surface area contributed by atoms with Gasteiger partial charge < -0.3 is 9.64 Å². The number of hydrogen-bond acceptors (Lipinski definition) is 5. The molecular weight excluding hydrogens is 384 g/mol. The molecule has 2 aromatic carbocycles. The Balaban J connectivity index is 1.70. The van der Waals surface area contributed by atoms with Crippen LogP contribution in [0.25, 0.3) is 5.69 Å². The molecule has 0 spiro atoms. The van der Waals surface area contributed by atoms with E-state index >= 15 is 0 Å². The lowest BCUT2D eigenvalue weighted by molar-refractivity contribution is -0.129. The maximum Gasteiger partial charge on any atom is 0.233 e. The Morgan fingerprint density at radius 3 is 2.72 bits per heavy atom. The molecule has 152 valence electrons. The monoisotopic (exact) mass is 410 g/mol. The number of methoxy groups -OCH3 is 1. The molecule has 0 radical (unpaired) electrons. The number of thioether (sulfide) groups is 1. The lowest BCUT2D eigenvalue weighted by atomic mass is 10.1. The van der Waals surface area contributed by atoms with E-state index in [-0.39, 0.29) is 5.91 Å². The summed E-state index contributed by atoms with van der Waals surface area (Å²) in [4.78, 5) is 14.7. The van der Waals surface area contributed by atoms with Gasteiger partial charge in [-0.15, -0.1) is 10.2 Å². The van der Waals surface area contributed by atoms with Crippen molar-refractivity contribution in [1.82, 2.24) is 19.7 Å². The van der Waals surface area contributed by atoms with Gasteiger partial charge in [-0.3, -0.25) is 9.36 Å². The van der Waals surface area contributed by atoms with Crippen LogP contribution in [0, 0.1) is 13.8 Å². The van der Waals surface area contributed by atoms with Crippen LogP contribution in [0.3, 0.4) is 0 Å². The Bertz CT molecular complexity index is 943. The van der Waals surface area contributed by atoms with Crippen molar-refractivity contribution in [3.8, 4) is 5.69 Å². The maximum absolute atomic E-state index is 12.9. The number of benzene rings is 2. The Hall–Kier alpha value is -2.64. The van der Waals surface area contributed by atoms with Crippen LogP contribution in [-0.4, -0.2) is 51.6 Å². The first-order valence-corrected chi connectivity index (χ1v) is 10.5. The molecule has 29 heavy (non-hydrogen) atoms. The van der Waals surface area contributed by atoms with Crippen molar-refractivity contribution in [3.63, 3.8) is 0 Å². The number of aryl methyl sites for hydroxylation is 2. The summed E-state index contributed by atoms with van der Waals surface area (Å²) in [6.45, 7) is 5.73. The van der Waals surface area contributed by atoms with Gasteiger partial charge in [0.05, 0.1) is 18.0 Å². The van der Waals surface area contributed by atoms with Crippen molar-refractivity contribution < 1.29 is 9.53 Å². The van der Waals surface area contributed by atoms with Crippen LogP contribution in [-0.2, 0) is 16.1 Å². The normalized spacial score (nSPS) is 10.9. The third-order valence-electron chi connectivity index (χ3n) is 4.60. The van der Waals surface area contributed by atoms with Gasteiger partial charge in [-0.2, -0.15) is 0 Å². The summed E-state index contributed by atoms with van der Waals surface area (Å²) in [7, 11) is 1.65. The zero-order valence-corrected chi connectivity index (χ0v) is 17.9. The molecule has 0 saturated carbocycles. The smallest absolute Gasteiger partial charge is 0.233 e. The van der Waals surface area contributed by atoms with Gasteiger partial charge in [0.1, 0.15) is 6.33 Å². The third kappa shape index (κ3) is 5.68. The molecule has 6 nitrogen and oxygen atoms in total. The number of hydrogen-bond donors (Lipinski definition) is 0. The quantitative estimate of drug-likeness (QED) is 0.504. The van der Waals surface area contributed by atoms with E-state index < -0.39 is 0 Å². The topological polar surface area (TPSA) is 60.2 Å². The van der Waals surface area contributed by atoms with Gasteiger partial charge in [0, 0.05) is 20.2 Å². The second-order valence-electron chi connectivity index (χ2n) is 6.86. The van der Waals surface area contributed by atoms with Crippen LogP contribution in [0.5, 0.6) is 0 Å². The number of amides is 1. The molecule has 3 rings (SSSR count). The number of carbonyl (C=O) groups is 1. The van der Waals surface area contributed by atoms with E-state index in [1.807, 2.05) is 39.8 Å². The fraction of sp³-hybridized carbons (Fsp3) is 0.318. The van der Waals surface area contributed by atoms with Crippen molar-refractivity contribution in [1.29, 1.82) is 0 Å². The van der Waals surface area contributed by atoms with Gasteiger partial charge in [-0.1, -0.05) is 54.2 Å². The molecule has 0 atom stereocenters. The summed E-state index contributed by atoms with van der Waals surface area (Å²) in [6, 6.07) is 16.2. The second-order valence-corrected chi connectivity index (χ2v) is 7.80. The molecule has 0 fully saturated rings. The number of carbonyl (C=O) groups excluding carboxylic acids is 1. The highest BCUT2D eigenvalue weighted by Gasteiger charge is 2.17. The highest BCUT2D eigenvalue weighted by molar-refractivity contribution is 7.99. The van der Waals surface area contributed by atoms with Gasteiger partial charge in [0.15, 0.2) is 5.16 Å². The lowest BCUT2D eigenvalue weighted by Gasteiger charge is -2.22. The largest absolute Gasteiger partial charge is 0.383 e. The number of rotatable bonds is 9. The minimum Gasteiger partial charge on any atom is -0.383 e. The minimum atomic E-state index is 0.0476. The summed E-state index contributed by atoms with van der Waals surface area (Å²) in [5.41, 5.74) is 4.43. The molecule has 0 unspecified atom stereocenters. The standard InChI is InChI=1S/C22H26N4O2S/c1-17-9-10-18(2)20(13-17)26-16-23-24-22(26)29-15-21(27)25(11-12-28-3)14-19-7-5-4-6-8-19/h4-10,13,16H,11-12,14-15H2,1-3H3. The Kier molecular flexibility index (Phi) is 7.43. The SMILES string of the molecule is COCCN(Cc1ccccc1)C(=O)CSc1nncn1-c1cc(C)ccc1C. The van der Waals surface area contributed by atoms with E-state index in [1.165, 1.54) is 17.3 Å². The van der Waals surface area contributed by atoms with Gasteiger partial charge in [0.2, 0.25) is 5.91 Å². The molecule has 0 aliphatic rings. The van der Waals surface area contributed by atoms with E-state index in [4.69, 9.17) is 4.74 Å². The van der Waals surface area contributed by atoms with Gasteiger partial charge in [-0.05, 0) is 36.6 Å². The summed E-state index contributed by atoms with van der Waals surface area (Å²) < 4.78 is 7.13. The highest BCUT2D eigenvalue weighted by Crippen LogP contribution is 2.23. The molecule has 0 N–H and O–H groups in total. The molecule has 0 bridgehead atoms. The van der Waals surface area contributed by atoms with E-state index in [0.717, 1.165) is 16.8 Å². The van der Waals surface area contributed by atoms with Crippen molar-refractivity contribution in [2.75, 3.05) is 26.0 Å². The van der Waals surface area contributed by atoms with Crippen LogP contribution >= 0.6 is 11.8 Å². The average Bonchev–Trinajstić information content (AvgIpc) is 3.20. The predicted octanol–water partition coefficient (Wildman–Crippen LogP) is 3.65. The first kappa shape index (κ1) is 21.1. The molecule has 1 heterocycles. The van der Waals surface area contributed by atoms with Crippen molar-refractivity contribution in [2.24, 2.45) is 0 Å². The number of ether oxygens (including phenoxy) is 1. The number of aromatic nitrogens is 3. The van der Waals surface area contributed by atoms with Crippen LogP contribution in [0.1, 0.15) is 16.7 Å². The third-order valence-corrected chi connectivity index (χ3v) is 5.53. The Morgan fingerprint density at radius 1 is 1.17 bits per heavy atom. The lowest BCUT2D eigenvalue weighted by Crippen LogP contribution is -2.34. The summed E-state index contributed by atoms with van der Waals surface area (Å²) in [6.07, 6.45) is 1.70. The summed E-state index contributed by atoms with van der Waals surface area (Å²) in [5.74, 6) is 0.339. The van der Waals surface area contributed by atoms with Crippen LogP contribution in [0.4, 0.5) is 0 Å². The van der Waals surface area contributed by atoms with Gasteiger partial charge in [0.25, 0.3) is 0 Å². The fourth-order valence-corrected chi connectivity index (χ4v) is 3.81. The van der Waals surface area contributed by atoms with E-state index in [2.05, 4.69) is 42.2 Å². The van der Waals surface area contributed by atoms with Gasteiger partial charge in [-0.25, -0.2) is 0 Å². The molecule has 0 aliphatic carbocycles. The molecule has 3 aromatic rings. The maximum atomic E-state index is 12.9. The minimum absolute atomic E-state index is 0.0476. The molecule has 0 aliphatic heterocycles. The summed E-state index contributed by atoms with van der Waals surface area (Å²) >= 11 is 1.40. The average molecular weight is 411 g/mol. The van der Waals surface area contributed by atoms with E-state index in [1.54, 1.807) is 13.4 Å². The number of nitrogens with zero attached hydrogens (tertiary/aromatic N) is 4. The van der Waals surface area contributed by atoms with Crippen LogP contribution < -0.4 is 0 Å². The first-order chi connectivity index (χ1) is 14.1. The highest BCUT2D eigenvalue weighted by atomic mass is 32.2. The zero-order chi connectivity index (χ0) is 20.6. The fourth-order valence-electron chi connectivity index (χ4n) is 2.98. The second kappa shape index (κ2) is 10.2. The molecular formula is C22H26N4O2S. The summed E-state index contributed by atoms with van der Waals surface area (Å²) in [5, 5.41) is 8.98. The van der Waals surface area contributed by atoms with Crippen LogP contribution in [0.2, 0.25) is 0 Å². The van der Waals surface area contributed by atoms with E-state index in [9.17, 15) is 4.79 Å². The molecule has 0 saturated heterocycles. The predicted molar refractivity (Wildman–Crippen MR) is 115 cm³/mol. The van der Waals surface area contributed by atoms with Crippen LogP contribution in [0.15, 0.2) is 60.0 Å². The molecule has 1 amide bonds. The molecule has 1 aromatic heterocycles. The van der Waals surface area contributed by atoms with Crippen molar-refractivity contribution in [2.45, 2.75) is 25.5 Å². The zero-order valence-electron chi connectivity index (χ0n) is 17.0. The molecule has 7 heteroatoms.